The lowest BCUT2D eigenvalue weighted by molar-refractivity contribution is 0.0364. The maximum Gasteiger partial charge on any atom is 0.108 e. The van der Waals surface area contributed by atoms with Crippen molar-refractivity contribution in [2.24, 2.45) is 0 Å². The highest BCUT2D eigenvalue weighted by atomic mass is 15.3. The van der Waals surface area contributed by atoms with Gasteiger partial charge >= 0.3 is 0 Å². The quantitative estimate of drug-likeness (QED) is 0.863. The second-order valence-electron chi connectivity index (χ2n) is 7.28. The van der Waals surface area contributed by atoms with Crippen LogP contribution in [0.5, 0.6) is 0 Å². The molecule has 0 spiro atoms. The predicted octanol–water partition coefficient (Wildman–Crippen LogP) is 2.22. The first kappa shape index (κ1) is 16.7. The summed E-state index contributed by atoms with van der Waals surface area (Å²) in [6.07, 6.45) is 5.63. The molecule has 3 unspecified atom stereocenters. The van der Waals surface area contributed by atoms with Gasteiger partial charge < -0.3 is 4.90 Å². The van der Waals surface area contributed by atoms with Crippen LogP contribution in [0.15, 0.2) is 0 Å². The molecule has 0 amide bonds. The van der Waals surface area contributed by atoms with Crippen LogP contribution in [0.4, 0.5) is 0 Å². The molecule has 0 aromatic rings. The summed E-state index contributed by atoms with van der Waals surface area (Å²) in [7, 11) is 2.24. The van der Waals surface area contributed by atoms with Gasteiger partial charge in [-0.25, -0.2) is 0 Å². The molecule has 3 atom stereocenters. The van der Waals surface area contributed by atoms with Crippen LogP contribution in [0.2, 0.25) is 0 Å². The zero-order valence-electron chi connectivity index (χ0n) is 14.2. The fraction of sp³-hybridized carbons (Fsp3) is 0.941. The molecule has 2 aliphatic rings. The predicted molar refractivity (Wildman–Crippen MR) is 87.2 cm³/mol. The molecular weight excluding hydrogens is 260 g/mol. The molecule has 0 aromatic heterocycles. The minimum absolute atomic E-state index is 0.303. The molecule has 4 nitrogen and oxygen atoms in total. The lowest BCUT2D eigenvalue weighted by atomic mass is 9.78. The lowest BCUT2D eigenvalue weighted by Gasteiger charge is -2.47. The highest BCUT2D eigenvalue weighted by Crippen LogP contribution is 2.32. The van der Waals surface area contributed by atoms with Crippen molar-refractivity contribution in [3.05, 3.63) is 0 Å². The van der Waals surface area contributed by atoms with Crippen molar-refractivity contribution in [2.75, 3.05) is 26.7 Å². The molecule has 1 aliphatic heterocycles. The first-order chi connectivity index (χ1) is 9.99. The van der Waals surface area contributed by atoms with E-state index in [0.29, 0.717) is 18.1 Å². The number of rotatable bonds is 4. The Morgan fingerprint density at radius 1 is 1.38 bits per heavy atom. The van der Waals surface area contributed by atoms with E-state index in [2.05, 4.69) is 49.0 Å². The molecule has 1 N–H and O–H groups in total. The van der Waals surface area contributed by atoms with Crippen molar-refractivity contribution in [1.82, 2.24) is 15.1 Å². The van der Waals surface area contributed by atoms with Crippen LogP contribution in [0.3, 0.4) is 0 Å². The van der Waals surface area contributed by atoms with Crippen molar-refractivity contribution >= 4 is 0 Å². The molecule has 1 aliphatic carbocycles. The summed E-state index contributed by atoms with van der Waals surface area (Å²) in [5, 5.41) is 13.3. The number of piperazine rings is 1. The van der Waals surface area contributed by atoms with Crippen molar-refractivity contribution in [1.29, 1.82) is 5.26 Å². The maximum absolute atomic E-state index is 9.71. The van der Waals surface area contributed by atoms with Gasteiger partial charge in [0.1, 0.15) is 5.54 Å². The van der Waals surface area contributed by atoms with Gasteiger partial charge in [0.05, 0.1) is 6.07 Å². The number of likely N-dealkylation sites (N-methyl/N-ethyl adjacent to an activating group) is 1. The maximum atomic E-state index is 9.71. The van der Waals surface area contributed by atoms with Crippen LogP contribution in [0.1, 0.15) is 52.9 Å². The first-order valence-corrected chi connectivity index (χ1v) is 8.63. The Bertz CT molecular complexity index is 375. The van der Waals surface area contributed by atoms with E-state index in [1.807, 2.05) is 0 Å². The first-order valence-electron chi connectivity index (χ1n) is 8.63. The summed E-state index contributed by atoms with van der Waals surface area (Å²) in [6, 6.07) is 4.23. The van der Waals surface area contributed by atoms with Crippen LogP contribution >= 0.6 is 0 Å². The zero-order valence-corrected chi connectivity index (χ0v) is 14.2. The SMILES string of the molecule is CCC1CN(C2CCCC(C#N)(NC(C)C)C2)CCN1C. The molecule has 1 saturated heterocycles. The number of nitriles is 1. The van der Waals surface area contributed by atoms with Gasteiger partial charge in [-0.1, -0.05) is 6.92 Å². The Kier molecular flexibility index (Phi) is 5.65. The van der Waals surface area contributed by atoms with Crippen LogP contribution in [0.25, 0.3) is 0 Å². The van der Waals surface area contributed by atoms with Gasteiger partial charge in [0.15, 0.2) is 0 Å². The molecule has 21 heavy (non-hydrogen) atoms. The molecule has 1 heterocycles. The topological polar surface area (TPSA) is 42.3 Å². The largest absolute Gasteiger partial charge is 0.301 e. The lowest BCUT2D eigenvalue weighted by Crippen LogP contribution is -2.59. The molecule has 2 rings (SSSR count). The highest BCUT2D eigenvalue weighted by molar-refractivity contribution is 5.12. The molecule has 0 bridgehead atoms. The Labute approximate surface area is 130 Å². The van der Waals surface area contributed by atoms with Crippen molar-refractivity contribution in [3.63, 3.8) is 0 Å². The average molecular weight is 292 g/mol. The number of hydrogen-bond acceptors (Lipinski definition) is 4. The molecule has 1 saturated carbocycles. The monoisotopic (exact) mass is 292 g/mol. The second-order valence-corrected chi connectivity index (χ2v) is 7.28. The van der Waals surface area contributed by atoms with Gasteiger partial charge in [-0.3, -0.25) is 10.2 Å². The molecule has 120 valence electrons. The summed E-state index contributed by atoms with van der Waals surface area (Å²) in [4.78, 5) is 5.14. The van der Waals surface area contributed by atoms with Gasteiger partial charge in [0.25, 0.3) is 0 Å². The minimum atomic E-state index is -0.303. The van der Waals surface area contributed by atoms with Gasteiger partial charge in [-0.2, -0.15) is 5.26 Å². The third kappa shape index (κ3) is 3.97. The second kappa shape index (κ2) is 7.09. The Hall–Kier alpha value is -0.630. The van der Waals surface area contributed by atoms with E-state index in [1.54, 1.807) is 0 Å². The van der Waals surface area contributed by atoms with Crippen LogP contribution < -0.4 is 5.32 Å². The van der Waals surface area contributed by atoms with E-state index in [4.69, 9.17) is 0 Å². The number of hydrogen-bond donors (Lipinski definition) is 1. The molecule has 2 fully saturated rings. The molecule has 4 heteroatoms. The Balaban J connectivity index is 2.02. The Morgan fingerprint density at radius 3 is 2.76 bits per heavy atom. The molecule has 0 radical (unpaired) electrons. The summed E-state index contributed by atoms with van der Waals surface area (Å²) < 4.78 is 0. The standard InChI is InChI=1S/C17H32N4/c1-5-15-12-21(10-9-20(15)4)16-7-6-8-17(11-16,13-18)19-14(2)3/h14-16,19H,5-12H2,1-4H3. The van der Waals surface area contributed by atoms with E-state index < -0.39 is 0 Å². The van der Waals surface area contributed by atoms with Crippen molar-refractivity contribution in [3.8, 4) is 6.07 Å². The summed E-state index contributed by atoms with van der Waals surface area (Å²) in [6.45, 7) is 10.1. The van der Waals surface area contributed by atoms with E-state index in [0.717, 1.165) is 25.9 Å². The highest BCUT2D eigenvalue weighted by Gasteiger charge is 2.40. The van der Waals surface area contributed by atoms with Crippen LogP contribution in [-0.2, 0) is 0 Å². The third-order valence-corrected chi connectivity index (χ3v) is 5.30. The smallest absolute Gasteiger partial charge is 0.108 e. The van der Waals surface area contributed by atoms with Crippen LogP contribution in [-0.4, -0.2) is 60.1 Å². The fourth-order valence-electron chi connectivity index (χ4n) is 4.12. The summed E-state index contributed by atoms with van der Waals surface area (Å²) in [5.41, 5.74) is -0.303. The minimum Gasteiger partial charge on any atom is -0.301 e. The van der Waals surface area contributed by atoms with Gasteiger partial charge in [-0.05, 0) is 53.0 Å². The summed E-state index contributed by atoms with van der Waals surface area (Å²) in [5.74, 6) is 0. The number of nitrogens with one attached hydrogen (secondary N) is 1. The number of nitrogens with zero attached hydrogens (tertiary/aromatic N) is 3. The molecular formula is C17H32N4. The average Bonchev–Trinajstić information content (AvgIpc) is 2.47. The van der Waals surface area contributed by atoms with Gasteiger partial charge in [0.2, 0.25) is 0 Å². The van der Waals surface area contributed by atoms with Crippen molar-refractivity contribution < 1.29 is 0 Å². The van der Waals surface area contributed by atoms with E-state index in [9.17, 15) is 5.26 Å². The Morgan fingerprint density at radius 2 is 2.14 bits per heavy atom. The van der Waals surface area contributed by atoms with Gasteiger partial charge in [0, 0.05) is 37.8 Å². The third-order valence-electron chi connectivity index (χ3n) is 5.30. The fourth-order valence-corrected chi connectivity index (χ4v) is 4.12. The summed E-state index contributed by atoms with van der Waals surface area (Å²) >= 11 is 0. The van der Waals surface area contributed by atoms with E-state index in [1.165, 1.54) is 25.8 Å². The van der Waals surface area contributed by atoms with E-state index >= 15 is 0 Å². The van der Waals surface area contributed by atoms with Gasteiger partial charge in [-0.15, -0.1) is 0 Å². The van der Waals surface area contributed by atoms with E-state index in [-0.39, 0.29) is 5.54 Å². The van der Waals surface area contributed by atoms with Crippen LogP contribution in [0, 0.1) is 11.3 Å². The molecule has 0 aromatic carbocycles. The normalized spacial score (nSPS) is 35.8. The van der Waals surface area contributed by atoms with Crippen molar-refractivity contribution in [2.45, 2.75) is 76.5 Å². The zero-order chi connectivity index (χ0) is 15.5.